The fourth-order valence-corrected chi connectivity index (χ4v) is 5.35. The zero-order valence-electron chi connectivity index (χ0n) is 17.3. The summed E-state index contributed by atoms with van der Waals surface area (Å²) in [6.45, 7) is 3.14. The minimum absolute atomic E-state index is 0.0648. The zero-order chi connectivity index (χ0) is 26.2. The molecule has 1 atom stereocenters. The highest BCUT2D eigenvalue weighted by Gasteiger charge is 2.53. The van der Waals surface area contributed by atoms with E-state index in [-0.39, 0.29) is 40.3 Å². The molecule has 0 saturated heterocycles. The Morgan fingerprint density at radius 3 is 1.91 bits per heavy atom. The number of aromatic nitrogens is 2. The standard InChI is InChI=1S/C14H7Br2Cl2F5N2.C4H10F3NS/c15-13(16)3-7(13)6-4-25(24-10(6)12(19)20)11-8(17)1-5(2-9(11)18)14(21,22)23;1-3-8(4-2)9(5,6)7/h1-2,4,7,12H,3H2;3-4H2,1-2H3. The molecule has 0 spiro atoms. The SMILES string of the molecule is CCN(CC)S(F)(F)F.FC(F)c1nn(-c2c(Cl)cc(C(F)(F)F)cc2Cl)cc1C1CC1(Br)Br. The molecule has 1 unspecified atom stereocenters. The number of alkyl halides is 7. The highest BCUT2D eigenvalue weighted by Crippen LogP contribution is 2.63. The molecule has 1 saturated carbocycles. The van der Waals surface area contributed by atoms with Gasteiger partial charge < -0.3 is 0 Å². The lowest BCUT2D eigenvalue weighted by Gasteiger charge is -2.23. The maximum atomic E-state index is 13.3. The second-order valence-electron chi connectivity index (χ2n) is 7.02. The van der Waals surface area contributed by atoms with E-state index < -0.39 is 38.5 Å². The monoisotopic (exact) mass is 687 g/mol. The lowest BCUT2D eigenvalue weighted by molar-refractivity contribution is -0.137. The molecule has 0 amide bonds. The Bertz CT molecular complexity index is 987. The second kappa shape index (κ2) is 11.0. The van der Waals surface area contributed by atoms with Gasteiger partial charge in [-0.1, -0.05) is 68.9 Å². The predicted molar refractivity (Wildman–Crippen MR) is 125 cm³/mol. The summed E-state index contributed by atoms with van der Waals surface area (Å²) in [6.07, 6.45) is -5.60. The molecule has 3 rings (SSSR count). The summed E-state index contributed by atoms with van der Waals surface area (Å²) in [7, 11) is 0. The van der Waals surface area contributed by atoms with Crippen molar-refractivity contribution < 1.29 is 33.6 Å². The minimum atomic E-state index is -4.93. The van der Waals surface area contributed by atoms with Gasteiger partial charge in [0.2, 0.25) is 0 Å². The van der Waals surface area contributed by atoms with Crippen LogP contribution in [0.2, 0.25) is 10.0 Å². The Labute approximate surface area is 219 Å². The van der Waals surface area contributed by atoms with E-state index in [1.165, 1.54) is 20.0 Å². The summed E-state index contributed by atoms with van der Waals surface area (Å²) >= 11 is 13.6. The quantitative estimate of drug-likeness (QED) is 0.223. The van der Waals surface area contributed by atoms with Crippen LogP contribution in [0.1, 0.15) is 49.4 Å². The lowest BCUT2D eigenvalue weighted by Crippen LogP contribution is -2.19. The molecule has 1 fully saturated rings. The normalized spacial score (nSPS) is 18.2. The first-order valence-electron chi connectivity index (χ1n) is 9.43. The summed E-state index contributed by atoms with van der Waals surface area (Å²) in [5.41, 5.74) is -1.30. The number of nitrogens with zero attached hydrogens (tertiary/aromatic N) is 3. The zero-order valence-corrected chi connectivity index (χ0v) is 22.8. The van der Waals surface area contributed by atoms with Crippen molar-refractivity contribution in [3.63, 3.8) is 0 Å². The van der Waals surface area contributed by atoms with E-state index in [1.807, 2.05) is 0 Å². The van der Waals surface area contributed by atoms with Gasteiger partial charge in [-0.3, -0.25) is 0 Å². The van der Waals surface area contributed by atoms with Crippen molar-refractivity contribution in [2.24, 2.45) is 0 Å². The van der Waals surface area contributed by atoms with Gasteiger partial charge in [-0.25, -0.2) is 13.5 Å². The van der Waals surface area contributed by atoms with Gasteiger partial charge in [-0.15, -0.1) is 11.7 Å². The molecule has 34 heavy (non-hydrogen) atoms. The van der Waals surface area contributed by atoms with Crippen molar-refractivity contribution in [3.8, 4) is 5.69 Å². The topological polar surface area (TPSA) is 21.1 Å². The maximum absolute atomic E-state index is 13.3. The van der Waals surface area contributed by atoms with Crippen molar-refractivity contribution in [1.29, 1.82) is 0 Å². The third-order valence-electron chi connectivity index (χ3n) is 4.75. The van der Waals surface area contributed by atoms with Crippen LogP contribution in [0, 0.1) is 0 Å². The van der Waals surface area contributed by atoms with Crippen molar-refractivity contribution >= 4 is 66.4 Å². The third kappa shape index (κ3) is 7.15. The van der Waals surface area contributed by atoms with E-state index in [0.29, 0.717) is 22.9 Å². The van der Waals surface area contributed by atoms with Gasteiger partial charge in [-0.05, 0) is 18.6 Å². The average molecular weight is 690 g/mol. The Morgan fingerprint density at radius 2 is 1.62 bits per heavy atom. The van der Waals surface area contributed by atoms with Crippen LogP contribution in [-0.4, -0.2) is 30.4 Å². The molecule has 0 aliphatic heterocycles. The van der Waals surface area contributed by atoms with Gasteiger partial charge in [0, 0.05) is 30.8 Å². The first kappa shape index (κ1) is 29.9. The summed E-state index contributed by atoms with van der Waals surface area (Å²) in [4.78, 5) is 0. The van der Waals surface area contributed by atoms with Crippen LogP contribution in [0.25, 0.3) is 5.69 Å². The molecule has 1 aliphatic carbocycles. The van der Waals surface area contributed by atoms with E-state index in [0.717, 1.165) is 4.68 Å². The van der Waals surface area contributed by atoms with Gasteiger partial charge >= 0.3 is 6.18 Å². The summed E-state index contributed by atoms with van der Waals surface area (Å²) in [6, 6.07) is 1.37. The van der Waals surface area contributed by atoms with Crippen LogP contribution in [0.15, 0.2) is 18.3 Å². The number of hydrogen-bond acceptors (Lipinski definition) is 2. The van der Waals surface area contributed by atoms with Crippen molar-refractivity contribution in [2.45, 2.75) is 42.0 Å². The van der Waals surface area contributed by atoms with Crippen LogP contribution in [0.5, 0.6) is 0 Å². The summed E-state index contributed by atoms with van der Waals surface area (Å²) < 4.78 is 101. The molecule has 2 aromatic rings. The van der Waals surface area contributed by atoms with Crippen molar-refractivity contribution in [2.75, 3.05) is 13.1 Å². The molecule has 1 aromatic carbocycles. The lowest BCUT2D eigenvalue weighted by atomic mass is 10.1. The molecular formula is C18H17Br2Cl2F8N3S. The highest BCUT2D eigenvalue weighted by molar-refractivity contribution is 9.25. The molecule has 1 aliphatic rings. The molecule has 3 nitrogen and oxygen atoms in total. The van der Waals surface area contributed by atoms with Crippen LogP contribution >= 0.6 is 66.4 Å². The van der Waals surface area contributed by atoms with E-state index in [4.69, 9.17) is 23.2 Å². The predicted octanol–water partition coefficient (Wildman–Crippen LogP) is 9.81. The van der Waals surface area contributed by atoms with Crippen LogP contribution in [-0.2, 0) is 6.18 Å². The van der Waals surface area contributed by atoms with Crippen molar-refractivity contribution in [1.82, 2.24) is 14.1 Å². The van der Waals surface area contributed by atoms with E-state index in [1.54, 1.807) is 0 Å². The number of hydrogen-bond donors (Lipinski definition) is 0. The number of benzene rings is 1. The Kier molecular flexibility index (Phi) is 9.68. The first-order valence-corrected chi connectivity index (χ1v) is 13.1. The summed E-state index contributed by atoms with van der Waals surface area (Å²) in [5, 5.41) is 3.12. The second-order valence-corrected chi connectivity index (χ2v) is 13.0. The average Bonchev–Trinajstić information content (AvgIpc) is 3.10. The number of rotatable bonds is 6. The molecule has 16 heteroatoms. The van der Waals surface area contributed by atoms with Gasteiger partial charge in [0.05, 0.1) is 18.8 Å². The van der Waals surface area contributed by atoms with Crippen molar-refractivity contribution in [3.05, 3.63) is 45.2 Å². The van der Waals surface area contributed by atoms with Gasteiger partial charge in [0.1, 0.15) is 11.4 Å². The largest absolute Gasteiger partial charge is 0.416 e. The van der Waals surface area contributed by atoms with Gasteiger partial charge in [-0.2, -0.15) is 22.6 Å². The van der Waals surface area contributed by atoms with Crippen LogP contribution < -0.4 is 0 Å². The van der Waals surface area contributed by atoms with Crippen LogP contribution in [0.3, 0.4) is 0 Å². The third-order valence-corrected chi connectivity index (χ3v) is 8.18. The summed E-state index contributed by atoms with van der Waals surface area (Å²) in [5.74, 6) is -0.253. The van der Waals surface area contributed by atoms with Gasteiger partial charge in [0.15, 0.2) is 0 Å². The first-order chi connectivity index (χ1) is 15.4. The van der Waals surface area contributed by atoms with E-state index >= 15 is 0 Å². The Balaban J connectivity index is 0.000000387. The molecule has 0 radical (unpaired) electrons. The fraction of sp³-hybridized carbons (Fsp3) is 0.500. The van der Waals surface area contributed by atoms with E-state index in [2.05, 4.69) is 37.0 Å². The Hall–Kier alpha value is -0.280. The highest BCUT2D eigenvalue weighted by atomic mass is 79.9. The van der Waals surface area contributed by atoms with Crippen LogP contribution in [0.4, 0.5) is 33.6 Å². The van der Waals surface area contributed by atoms with E-state index in [9.17, 15) is 33.6 Å². The molecule has 0 N–H and O–H groups in total. The minimum Gasteiger partial charge on any atom is -0.237 e. The fourth-order valence-electron chi connectivity index (χ4n) is 2.97. The smallest absolute Gasteiger partial charge is 0.237 e. The molecule has 1 aromatic heterocycles. The van der Waals surface area contributed by atoms with Gasteiger partial charge in [0.25, 0.3) is 17.8 Å². The number of halogens is 12. The molecule has 0 bridgehead atoms. The molecule has 194 valence electrons. The molecule has 1 heterocycles. The maximum Gasteiger partial charge on any atom is 0.416 e. The Morgan fingerprint density at radius 1 is 1.15 bits per heavy atom. The molecular weight excluding hydrogens is 673 g/mol.